The minimum absolute atomic E-state index is 0.326. The summed E-state index contributed by atoms with van der Waals surface area (Å²) in [6, 6.07) is 14.3. The summed E-state index contributed by atoms with van der Waals surface area (Å²) in [7, 11) is 0. The van der Waals surface area contributed by atoms with E-state index < -0.39 is 11.9 Å². The van der Waals surface area contributed by atoms with Crippen molar-refractivity contribution in [2.45, 2.75) is 6.92 Å². The second-order valence-electron chi connectivity index (χ2n) is 4.70. The summed E-state index contributed by atoms with van der Waals surface area (Å²) in [4.78, 5) is 21.7. The van der Waals surface area contributed by atoms with Gasteiger partial charge in [-0.1, -0.05) is 0 Å². The highest BCUT2D eigenvalue weighted by atomic mass is 16.5. The number of ether oxygens (including phenoxy) is 2. The molecule has 24 heavy (non-hydrogen) atoms. The van der Waals surface area contributed by atoms with Crippen LogP contribution in [-0.2, 0) is 9.59 Å². The number of aliphatic carboxylic acids is 1. The lowest BCUT2D eigenvalue weighted by atomic mass is 10.2. The largest absolute Gasteiger partial charge is 0.494 e. The van der Waals surface area contributed by atoms with Crippen molar-refractivity contribution < 1.29 is 24.2 Å². The van der Waals surface area contributed by atoms with Gasteiger partial charge in [0.25, 0.3) is 0 Å². The zero-order chi connectivity index (χ0) is 17.4. The van der Waals surface area contributed by atoms with E-state index in [0.717, 1.165) is 29.3 Å². The molecule has 0 aromatic heterocycles. The van der Waals surface area contributed by atoms with Crippen LogP contribution < -0.4 is 14.8 Å². The van der Waals surface area contributed by atoms with Crippen LogP contribution in [0.25, 0.3) is 0 Å². The lowest BCUT2D eigenvalue weighted by Gasteiger charge is -2.09. The van der Waals surface area contributed by atoms with Gasteiger partial charge in [0, 0.05) is 23.5 Å². The third kappa shape index (κ3) is 5.49. The summed E-state index contributed by atoms with van der Waals surface area (Å²) in [6.07, 6.45) is 1.58. The fraction of sp³-hybridized carbons (Fsp3) is 0.111. The molecule has 0 saturated carbocycles. The Morgan fingerprint density at radius 1 is 0.958 bits per heavy atom. The molecular weight excluding hydrogens is 310 g/mol. The van der Waals surface area contributed by atoms with E-state index in [0.29, 0.717) is 12.4 Å². The minimum Gasteiger partial charge on any atom is -0.494 e. The van der Waals surface area contributed by atoms with E-state index in [1.807, 2.05) is 31.2 Å². The smallest absolute Gasteiger partial charge is 0.336 e. The van der Waals surface area contributed by atoms with Crippen molar-refractivity contribution in [2.75, 3.05) is 11.9 Å². The van der Waals surface area contributed by atoms with E-state index >= 15 is 0 Å². The Kier molecular flexibility index (Phi) is 5.96. The van der Waals surface area contributed by atoms with E-state index in [1.54, 1.807) is 24.3 Å². The molecule has 0 heterocycles. The first-order chi connectivity index (χ1) is 11.6. The van der Waals surface area contributed by atoms with Crippen LogP contribution in [0.15, 0.2) is 60.7 Å². The molecular formula is C18H17NO5. The standard InChI is InChI=1S/C18H17NO5/c1-2-23-15-7-3-13(4-8-15)19-14-5-9-16(10-6-14)24-18(22)12-11-17(20)21/h3-12,19H,2H2,1H3,(H,20,21)/b12-11-. The Labute approximate surface area is 139 Å². The van der Waals surface area contributed by atoms with E-state index in [4.69, 9.17) is 14.6 Å². The van der Waals surface area contributed by atoms with Gasteiger partial charge in [0.1, 0.15) is 11.5 Å². The fourth-order valence-corrected chi connectivity index (χ4v) is 1.86. The molecule has 6 heteroatoms. The SMILES string of the molecule is CCOc1ccc(Nc2ccc(OC(=O)/C=C\C(=O)O)cc2)cc1. The number of nitrogens with one attached hydrogen (secondary N) is 1. The zero-order valence-electron chi connectivity index (χ0n) is 13.1. The van der Waals surface area contributed by atoms with Gasteiger partial charge in [-0.25, -0.2) is 9.59 Å². The van der Waals surface area contributed by atoms with Crippen molar-refractivity contribution >= 4 is 23.3 Å². The second-order valence-corrected chi connectivity index (χ2v) is 4.70. The number of carbonyl (C=O) groups is 2. The molecule has 2 N–H and O–H groups in total. The van der Waals surface area contributed by atoms with Crippen LogP contribution in [0.4, 0.5) is 11.4 Å². The van der Waals surface area contributed by atoms with Crippen molar-refractivity contribution in [2.24, 2.45) is 0 Å². The van der Waals surface area contributed by atoms with Gasteiger partial charge in [0.15, 0.2) is 0 Å². The Hall–Kier alpha value is -3.28. The molecule has 0 bridgehead atoms. The summed E-state index contributed by atoms with van der Waals surface area (Å²) in [5.41, 5.74) is 1.72. The van der Waals surface area contributed by atoms with Crippen LogP contribution in [0.1, 0.15) is 6.92 Å². The van der Waals surface area contributed by atoms with Crippen LogP contribution in [-0.4, -0.2) is 23.7 Å². The average Bonchev–Trinajstić information content (AvgIpc) is 2.57. The maximum absolute atomic E-state index is 11.4. The molecule has 0 radical (unpaired) electrons. The van der Waals surface area contributed by atoms with E-state index in [-0.39, 0.29) is 0 Å². The molecule has 0 aliphatic heterocycles. The molecule has 2 aromatic rings. The summed E-state index contributed by atoms with van der Waals surface area (Å²) in [5.74, 6) is -0.821. The Balaban J connectivity index is 1.94. The summed E-state index contributed by atoms with van der Waals surface area (Å²) in [6.45, 7) is 2.55. The first kappa shape index (κ1) is 17.1. The molecule has 0 saturated heterocycles. The molecule has 2 aromatic carbocycles. The summed E-state index contributed by atoms with van der Waals surface area (Å²) < 4.78 is 10.4. The third-order valence-corrected chi connectivity index (χ3v) is 2.89. The van der Waals surface area contributed by atoms with Gasteiger partial charge in [0.2, 0.25) is 0 Å². The van der Waals surface area contributed by atoms with Gasteiger partial charge in [0.05, 0.1) is 6.61 Å². The molecule has 0 fully saturated rings. The van der Waals surface area contributed by atoms with Crippen molar-refractivity contribution in [1.29, 1.82) is 0 Å². The van der Waals surface area contributed by atoms with Gasteiger partial charge in [-0.05, 0) is 55.5 Å². The maximum Gasteiger partial charge on any atom is 0.336 e. The topological polar surface area (TPSA) is 84.9 Å². The normalized spacial score (nSPS) is 10.4. The van der Waals surface area contributed by atoms with Gasteiger partial charge in [-0.3, -0.25) is 0 Å². The minimum atomic E-state index is -1.21. The van der Waals surface area contributed by atoms with Crippen molar-refractivity contribution in [3.63, 3.8) is 0 Å². The van der Waals surface area contributed by atoms with Crippen LogP contribution >= 0.6 is 0 Å². The monoisotopic (exact) mass is 327 g/mol. The Bertz CT molecular complexity index is 720. The molecule has 6 nitrogen and oxygen atoms in total. The molecule has 0 amide bonds. The zero-order valence-corrected chi connectivity index (χ0v) is 13.1. The maximum atomic E-state index is 11.4. The molecule has 2 rings (SSSR count). The number of rotatable bonds is 7. The highest BCUT2D eigenvalue weighted by Gasteiger charge is 2.02. The molecule has 124 valence electrons. The van der Waals surface area contributed by atoms with Crippen LogP contribution in [0.2, 0.25) is 0 Å². The molecule has 0 spiro atoms. The molecule has 0 unspecified atom stereocenters. The number of hydrogen-bond donors (Lipinski definition) is 2. The summed E-state index contributed by atoms with van der Waals surface area (Å²) >= 11 is 0. The van der Waals surface area contributed by atoms with Crippen molar-refractivity contribution in [3.8, 4) is 11.5 Å². The fourth-order valence-electron chi connectivity index (χ4n) is 1.86. The molecule has 0 aliphatic carbocycles. The number of esters is 1. The van der Waals surface area contributed by atoms with E-state index in [9.17, 15) is 9.59 Å². The van der Waals surface area contributed by atoms with Crippen molar-refractivity contribution in [3.05, 3.63) is 60.7 Å². The number of anilines is 2. The number of carbonyl (C=O) groups excluding carboxylic acids is 1. The highest BCUT2D eigenvalue weighted by Crippen LogP contribution is 2.22. The van der Waals surface area contributed by atoms with Gasteiger partial charge in [-0.2, -0.15) is 0 Å². The lowest BCUT2D eigenvalue weighted by molar-refractivity contribution is -0.133. The van der Waals surface area contributed by atoms with Gasteiger partial charge < -0.3 is 19.9 Å². The predicted octanol–water partition coefficient (Wildman–Crippen LogP) is 3.38. The number of carboxylic acids is 1. The first-order valence-electron chi connectivity index (χ1n) is 7.29. The van der Waals surface area contributed by atoms with Crippen LogP contribution in [0.3, 0.4) is 0 Å². The van der Waals surface area contributed by atoms with Gasteiger partial charge >= 0.3 is 11.9 Å². The van der Waals surface area contributed by atoms with Crippen molar-refractivity contribution in [1.82, 2.24) is 0 Å². The third-order valence-electron chi connectivity index (χ3n) is 2.89. The van der Waals surface area contributed by atoms with Crippen LogP contribution in [0, 0.1) is 0 Å². The number of hydrogen-bond acceptors (Lipinski definition) is 5. The second kappa shape index (κ2) is 8.38. The average molecular weight is 327 g/mol. The lowest BCUT2D eigenvalue weighted by Crippen LogP contribution is -2.04. The molecule has 0 atom stereocenters. The van der Waals surface area contributed by atoms with E-state index in [2.05, 4.69) is 5.32 Å². The Morgan fingerprint density at radius 3 is 2.00 bits per heavy atom. The molecule has 0 aliphatic rings. The number of carboxylic acid groups (broad SMARTS) is 1. The van der Waals surface area contributed by atoms with Crippen LogP contribution in [0.5, 0.6) is 11.5 Å². The first-order valence-corrected chi connectivity index (χ1v) is 7.29. The quantitative estimate of drug-likeness (QED) is 0.461. The highest BCUT2D eigenvalue weighted by molar-refractivity contribution is 5.91. The number of benzene rings is 2. The van der Waals surface area contributed by atoms with E-state index in [1.165, 1.54) is 0 Å². The predicted molar refractivity (Wildman–Crippen MR) is 89.7 cm³/mol. The van der Waals surface area contributed by atoms with Gasteiger partial charge in [-0.15, -0.1) is 0 Å². The Morgan fingerprint density at radius 2 is 1.50 bits per heavy atom. The summed E-state index contributed by atoms with van der Waals surface area (Å²) in [5, 5.41) is 11.6.